The van der Waals surface area contributed by atoms with Crippen molar-refractivity contribution in [3.8, 4) is 6.07 Å². The van der Waals surface area contributed by atoms with Crippen molar-refractivity contribution in [2.75, 3.05) is 6.54 Å². The highest BCUT2D eigenvalue weighted by atomic mass is 15.1. The van der Waals surface area contributed by atoms with Crippen LogP contribution >= 0.6 is 0 Å². The lowest BCUT2D eigenvalue weighted by Gasteiger charge is -2.08. The zero-order valence-corrected chi connectivity index (χ0v) is 10.3. The molecule has 0 bridgehead atoms. The maximum atomic E-state index is 8.87. The number of nitrogens with one attached hydrogen (secondary N) is 1. The van der Waals surface area contributed by atoms with E-state index in [4.69, 9.17) is 5.26 Å². The Bertz CT molecular complexity index is 589. The minimum absolute atomic E-state index is 0.373. The summed E-state index contributed by atoms with van der Waals surface area (Å²) in [5, 5.41) is 12.4. The van der Waals surface area contributed by atoms with Crippen molar-refractivity contribution in [1.82, 2.24) is 14.9 Å². The van der Waals surface area contributed by atoms with E-state index in [0.717, 1.165) is 36.0 Å². The minimum Gasteiger partial charge on any atom is -0.326 e. The molecule has 18 heavy (non-hydrogen) atoms. The summed E-state index contributed by atoms with van der Waals surface area (Å²) in [7, 11) is 0. The summed E-state index contributed by atoms with van der Waals surface area (Å²) < 4.78 is 2.16. The molecule has 1 N–H and O–H groups in total. The first-order valence-electron chi connectivity index (χ1n) is 6.43. The van der Waals surface area contributed by atoms with E-state index in [1.807, 2.05) is 18.2 Å². The number of imidazole rings is 1. The second-order valence-corrected chi connectivity index (χ2v) is 4.73. The second kappa shape index (κ2) is 4.79. The molecule has 0 aliphatic heterocycles. The molecule has 1 saturated carbocycles. The highest BCUT2D eigenvalue weighted by Gasteiger charge is 2.20. The Labute approximate surface area is 106 Å². The maximum Gasteiger partial charge on any atom is 0.124 e. The lowest BCUT2D eigenvalue weighted by molar-refractivity contribution is 0.591. The zero-order chi connectivity index (χ0) is 12.4. The third kappa shape index (κ3) is 2.22. The predicted octanol–water partition coefficient (Wildman–Crippen LogP) is 1.85. The number of hydrogen-bond donors (Lipinski definition) is 1. The van der Waals surface area contributed by atoms with Gasteiger partial charge in [0.15, 0.2) is 0 Å². The summed E-state index contributed by atoms with van der Waals surface area (Å²) in [5.74, 6) is 0.872. The van der Waals surface area contributed by atoms with E-state index in [1.165, 1.54) is 12.8 Å². The molecule has 92 valence electrons. The van der Waals surface area contributed by atoms with Crippen molar-refractivity contribution < 1.29 is 0 Å². The number of para-hydroxylation sites is 2. The van der Waals surface area contributed by atoms with Crippen molar-refractivity contribution >= 4 is 11.0 Å². The van der Waals surface area contributed by atoms with E-state index in [-0.39, 0.29) is 0 Å². The fraction of sp³-hybridized carbons (Fsp3) is 0.429. The van der Waals surface area contributed by atoms with Crippen LogP contribution in [0.3, 0.4) is 0 Å². The molecule has 4 nitrogen and oxygen atoms in total. The standard InChI is InChI=1S/C14H16N4/c15-8-7-14-17-12-3-1-2-4-13(12)18(14)10-9-16-11-5-6-11/h1-4,11,16H,5-7,9-10H2. The van der Waals surface area contributed by atoms with Gasteiger partial charge in [0.05, 0.1) is 23.5 Å². The SMILES string of the molecule is N#CCc1nc2ccccc2n1CCNC1CC1. The van der Waals surface area contributed by atoms with Crippen LogP contribution in [0.25, 0.3) is 11.0 Å². The van der Waals surface area contributed by atoms with Gasteiger partial charge in [-0.2, -0.15) is 5.26 Å². The van der Waals surface area contributed by atoms with Gasteiger partial charge >= 0.3 is 0 Å². The Morgan fingerprint density at radius 2 is 2.22 bits per heavy atom. The molecule has 0 atom stereocenters. The zero-order valence-electron chi connectivity index (χ0n) is 10.3. The summed E-state index contributed by atoms with van der Waals surface area (Å²) in [6.45, 7) is 1.83. The molecule has 3 rings (SSSR count). The van der Waals surface area contributed by atoms with Gasteiger partial charge < -0.3 is 9.88 Å². The summed E-state index contributed by atoms with van der Waals surface area (Å²) in [4.78, 5) is 4.53. The van der Waals surface area contributed by atoms with Gasteiger partial charge in [-0.1, -0.05) is 12.1 Å². The fourth-order valence-corrected chi connectivity index (χ4v) is 2.25. The van der Waals surface area contributed by atoms with E-state index in [1.54, 1.807) is 0 Å². The number of fused-ring (bicyclic) bond motifs is 1. The van der Waals surface area contributed by atoms with E-state index in [2.05, 4.69) is 27.0 Å². The normalized spacial score (nSPS) is 14.8. The highest BCUT2D eigenvalue weighted by molar-refractivity contribution is 5.75. The minimum atomic E-state index is 0.373. The van der Waals surface area contributed by atoms with Gasteiger partial charge in [0.1, 0.15) is 5.82 Å². The average molecular weight is 240 g/mol. The molecule has 4 heteroatoms. The Morgan fingerprint density at radius 3 is 3.00 bits per heavy atom. The molecule has 1 aromatic heterocycles. The van der Waals surface area contributed by atoms with Crippen LogP contribution in [0.5, 0.6) is 0 Å². The molecular weight excluding hydrogens is 224 g/mol. The topological polar surface area (TPSA) is 53.6 Å². The molecule has 1 heterocycles. The average Bonchev–Trinajstić information content (AvgIpc) is 3.14. The monoisotopic (exact) mass is 240 g/mol. The molecule has 0 unspecified atom stereocenters. The van der Waals surface area contributed by atoms with Gasteiger partial charge in [0.2, 0.25) is 0 Å². The van der Waals surface area contributed by atoms with Crippen molar-refractivity contribution in [2.45, 2.75) is 31.8 Å². The van der Waals surface area contributed by atoms with Crippen LogP contribution in [0.2, 0.25) is 0 Å². The lowest BCUT2D eigenvalue weighted by atomic mass is 10.3. The lowest BCUT2D eigenvalue weighted by Crippen LogP contribution is -2.22. The van der Waals surface area contributed by atoms with Gasteiger partial charge in [-0.15, -0.1) is 0 Å². The molecule has 1 aliphatic rings. The highest BCUT2D eigenvalue weighted by Crippen LogP contribution is 2.19. The Kier molecular flexibility index (Phi) is 2.99. The van der Waals surface area contributed by atoms with Gasteiger partial charge in [-0.05, 0) is 25.0 Å². The molecule has 1 aromatic carbocycles. The number of benzene rings is 1. The quantitative estimate of drug-likeness (QED) is 0.867. The number of hydrogen-bond acceptors (Lipinski definition) is 3. The third-order valence-corrected chi connectivity index (χ3v) is 3.32. The van der Waals surface area contributed by atoms with Gasteiger partial charge in [0, 0.05) is 19.1 Å². The molecule has 0 amide bonds. The Hall–Kier alpha value is -1.86. The smallest absolute Gasteiger partial charge is 0.124 e. The van der Waals surface area contributed by atoms with Crippen molar-refractivity contribution in [1.29, 1.82) is 5.26 Å². The summed E-state index contributed by atoms with van der Waals surface area (Å²) >= 11 is 0. The number of rotatable bonds is 5. The van der Waals surface area contributed by atoms with Gasteiger partial charge in [0.25, 0.3) is 0 Å². The predicted molar refractivity (Wildman–Crippen MR) is 70.1 cm³/mol. The molecule has 2 aromatic rings. The molecule has 0 saturated heterocycles. The largest absolute Gasteiger partial charge is 0.326 e. The first-order valence-corrected chi connectivity index (χ1v) is 6.43. The summed E-state index contributed by atoms with van der Waals surface area (Å²) in [5.41, 5.74) is 2.11. The number of aromatic nitrogens is 2. The van der Waals surface area contributed by atoms with Crippen LogP contribution < -0.4 is 5.32 Å². The van der Waals surface area contributed by atoms with E-state index >= 15 is 0 Å². The van der Waals surface area contributed by atoms with Crippen LogP contribution in [0.4, 0.5) is 0 Å². The summed E-state index contributed by atoms with van der Waals surface area (Å²) in [6, 6.07) is 11.0. The first kappa shape index (κ1) is 11.2. The molecule has 1 fully saturated rings. The summed E-state index contributed by atoms with van der Waals surface area (Å²) in [6.07, 6.45) is 2.98. The molecule has 1 aliphatic carbocycles. The van der Waals surface area contributed by atoms with Crippen molar-refractivity contribution in [3.05, 3.63) is 30.1 Å². The van der Waals surface area contributed by atoms with E-state index < -0.39 is 0 Å². The maximum absolute atomic E-state index is 8.87. The van der Waals surface area contributed by atoms with Crippen LogP contribution in [0.1, 0.15) is 18.7 Å². The van der Waals surface area contributed by atoms with E-state index in [0.29, 0.717) is 6.42 Å². The van der Waals surface area contributed by atoms with Crippen LogP contribution in [-0.4, -0.2) is 22.1 Å². The fourth-order valence-electron chi connectivity index (χ4n) is 2.25. The first-order chi connectivity index (χ1) is 8.88. The third-order valence-electron chi connectivity index (χ3n) is 3.32. The molecule has 0 spiro atoms. The van der Waals surface area contributed by atoms with Gasteiger partial charge in [-0.25, -0.2) is 4.98 Å². The van der Waals surface area contributed by atoms with Crippen LogP contribution in [0, 0.1) is 11.3 Å². The van der Waals surface area contributed by atoms with Crippen molar-refractivity contribution in [2.24, 2.45) is 0 Å². The number of nitrogens with zero attached hydrogens (tertiary/aromatic N) is 3. The van der Waals surface area contributed by atoms with Crippen LogP contribution in [-0.2, 0) is 13.0 Å². The van der Waals surface area contributed by atoms with E-state index in [9.17, 15) is 0 Å². The second-order valence-electron chi connectivity index (χ2n) is 4.73. The molecule has 0 radical (unpaired) electrons. The Morgan fingerprint density at radius 1 is 1.39 bits per heavy atom. The van der Waals surface area contributed by atoms with Gasteiger partial charge in [-0.3, -0.25) is 0 Å². The number of nitriles is 1. The van der Waals surface area contributed by atoms with Crippen LogP contribution in [0.15, 0.2) is 24.3 Å². The van der Waals surface area contributed by atoms with Crippen molar-refractivity contribution in [3.63, 3.8) is 0 Å². The molecular formula is C14H16N4. The Balaban J connectivity index is 1.85.